The minimum atomic E-state index is 0.900. The molecular weight excluding hydrogens is 284 g/mol. The molecule has 0 N–H and O–H groups in total. The molecule has 0 saturated heterocycles. The number of allylic oxidation sites excluding steroid dienone is 1. The van der Waals surface area contributed by atoms with Crippen molar-refractivity contribution in [3.8, 4) is 11.1 Å². The predicted molar refractivity (Wildman–Crippen MR) is 82.0 cm³/mol. The van der Waals surface area contributed by atoms with E-state index < -0.39 is 0 Å². The molecule has 0 aliphatic heterocycles. The van der Waals surface area contributed by atoms with Crippen LogP contribution in [0, 0.1) is 6.92 Å². The summed E-state index contributed by atoms with van der Waals surface area (Å²) in [5.74, 6) is 0. The van der Waals surface area contributed by atoms with Gasteiger partial charge >= 0.3 is 0 Å². The highest BCUT2D eigenvalue weighted by atomic mass is 79.9. The Kier molecular flexibility index (Phi) is 3.09. The standard InChI is InChI=1S/C17H15Br/c1-12-5-7-14(8-6-12)17-15(11-18)10-9-13-3-2-4-16(13)17/h2,4-10H,3,11H2,1H3. The van der Waals surface area contributed by atoms with Crippen molar-refractivity contribution >= 4 is 22.0 Å². The largest absolute Gasteiger partial charge is 0.0876 e. The molecule has 0 aromatic heterocycles. The Bertz CT molecular complexity index is 606. The lowest BCUT2D eigenvalue weighted by molar-refractivity contribution is 1.28. The Morgan fingerprint density at radius 1 is 1.06 bits per heavy atom. The van der Waals surface area contributed by atoms with Crippen molar-refractivity contribution < 1.29 is 0 Å². The highest BCUT2D eigenvalue weighted by Crippen LogP contribution is 2.35. The van der Waals surface area contributed by atoms with Gasteiger partial charge in [-0.3, -0.25) is 0 Å². The Morgan fingerprint density at radius 2 is 1.83 bits per heavy atom. The molecular formula is C17H15Br. The highest BCUT2D eigenvalue weighted by Gasteiger charge is 2.14. The maximum absolute atomic E-state index is 3.60. The molecule has 1 heteroatoms. The molecule has 0 unspecified atom stereocenters. The van der Waals surface area contributed by atoms with E-state index >= 15 is 0 Å². The normalized spacial score (nSPS) is 12.8. The van der Waals surface area contributed by atoms with Crippen LogP contribution in [0.1, 0.15) is 22.3 Å². The molecule has 0 nitrogen and oxygen atoms in total. The quantitative estimate of drug-likeness (QED) is 0.675. The molecule has 2 aromatic carbocycles. The number of aryl methyl sites for hydroxylation is 1. The molecule has 18 heavy (non-hydrogen) atoms. The number of rotatable bonds is 2. The van der Waals surface area contributed by atoms with E-state index in [1.165, 1.54) is 33.4 Å². The fourth-order valence-corrected chi connectivity index (χ4v) is 3.02. The molecule has 0 fully saturated rings. The van der Waals surface area contributed by atoms with E-state index in [1.54, 1.807) is 0 Å². The second-order valence-electron chi connectivity index (χ2n) is 4.78. The van der Waals surface area contributed by atoms with Crippen LogP contribution in [0.2, 0.25) is 0 Å². The van der Waals surface area contributed by atoms with Crippen LogP contribution in [0.5, 0.6) is 0 Å². The average molecular weight is 299 g/mol. The van der Waals surface area contributed by atoms with Crippen LogP contribution in [-0.4, -0.2) is 0 Å². The van der Waals surface area contributed by atoms with E-state index in [0.717, 1.165) is 11.8 Å². The van der Waals surface area contributed by atoms with Gasteiger partial charge < -0.3 is 0 Å². The van der Waals surface area contributed by atoms with Gasteiger partial charge in [0.1, 0.15) is 0 Å². The molecule has 2 aromatic rings. The van der Waals surface area contributed by atoms with Crippen LogP contribution >= 0.6 is 15.9 Å². The maximum atomic E-state index is 3.60. The number of fused-ring (bicyclic) bond motifs is 1. The van der Waals surface area contributed by atoms with Gasteiger partial charge in [0.05, 0.1) is 0 Å². The van der Waals surface area contributed by atoms with E-state index in [0.29, 0.717) is 0 Å². The molecule has 3 rings (SSSR count). The number of hydrogen-bond donors (Lipinski definition) is 0. The number of hydrogen-bond acceptors (Lipinski definition) is 0. The number of benzene rings is 2. The summed E-state index contributed by atoms with van der Waals surface area (Å²) < 4.78 is 0. The first-order valence-electron chi connectivity index (χ1n) is 6.24. The van der Waals surface area contributed by atoms with Crippen LogP contribution in [0.15, 0.2) is 42.5 Å². The molecule has 0 saturated carbocycles. The van der Waals surface area contributed by atoms with E-state index in [9.17, 15) is 0 Å². The Balaban J connectivity index is 2.23. The summed E-state index contributed by atoms with van der Waals surface area (Å²) in [7, 11) is 0. The zero-order valence-electron chi connectivity index (χ0n) is 10.4. The third-order valence-electron chi connectivity index (χ3n) is 3.53. The minimum absolute atomic E-state index is 0.900. The lowest BCUT2D eigenvalue weighted by atomic mass is 9.92. The van der Waals surface area contributed by atoms with Crippen LogP contribution in [0.4, 0.5) is 0 Å². The molecule has 90 valence electrons. The van der Waals surface area contributed by atoms with E-state index in [1.807, 2.05) is 0 Å². The molecule has 0 heterocycles. The second kappa shape index (κ2) is 4.74. The van der Waals surface area contributed by atoms with Gasteiger partial charge in [0.25, 0.3) is 0 Å². The van der Waals surface area contributed by atoms with Crippen molar-refractivity contribution in [3.63, 3.8) is 0 Å². The van der Waals surface area contributed by atoms with Crippen LogP contribution < -0.4 is 0 Å². The van der Waals surface area contributed by atoms with Crippen LogP contribution in [0.3, 0.4) is 0 Å². The van der Waals surface area contributed by atoms with Crippen LogP contribution in [-0.2, 0) is 11.8 Å². The van der Waals surface area contributed by atoms with Crippen molar-refractivity contribution in [3.05, 3.63) is 64.7 Å². The predicted octanol–water partition coefficient (Wildman–Crippen LogP) is 5.13. The number of halogens is 1. The summed E-state index contributed by atoms with van der Waals surface area (Å²) in [5, 5.41) is 0.900. The first kappa shape index (κ1) is 11.7. The summed E-state index contributed by atoms with van der Waals surface area (Å²) in [6, 6.07) is 13.3. The Hall–Kier alpha value is -1.34. The summed E-state index contributed by atoms with van der Waals surface area (Å²) >= 11 is 3.60. The lowest BCUT2D eigenvalue weighted by Gasteiger charge is -2.13. The van der Waals surface area contributed by atoms with Gasteiger partial charge in [-0.25, -0.2) is 0 Å². The van der Waals surface area contributed by atoms with Crippen molar-refractivity contribution in [2.75, 3.05) is 0 Å². The van der Waals surface area contributed by atoms with Gasteiger partial charge in [-0.05, 0) is 41.2 Å². The highest BCUT2D eigenvalue weighted by molar-refractivity contribution is 9.08. The van der Waals surface area contributed by atoms with Crippen molar-refractivity contribution in [1.82, 2.24) is 0 Å². The van der Waals surface area contributed by atoms with Gasteiger partial charge in [-0.15, -0.1) is 0 Å². The second-order valence-corrected chi connectivity index (χ2v) is 5.34. The fourth-order valence-electron chi connectivity index (χ4n) is 2.55. The smallest absolute Gasteiger partial charge is 0.0289 e. The van der Waals surface area contributed by atoms with E-state index in [-0.39, 0.29) is 0 Å². The van der Waals surface area contributed by atoms with Gasteiger partial charge in [0, 0.05) is 5.33 Å². The summed E-state index contributed by atoms with van der Waals surface area (Å²) in [6.45, 7) is 2.13. The van der Waals surface area contributed by atoms with Crippen LogP contribution in [0.25, 0.3) is 17.2 Å². The van der Waals surface area contributed by atoms with Gasteiger partial charge in [0.15, 0.2) is 0 Å². The van der Waals surface area contributed by atoms with E-state index in [2.05, 4.69) is 71.4 Å². The Morgan fingerprint density at radius 3 is 2.56 bits per heavy atom. The van der Waals surface area contributed by atoms with Crippen molar-refractivity contribution in [2.45, 2.75) is 18.7 Å². The maximum Gasteiger partial charge on any atom is 0.0289 e. The monoisotopic (exact) mass is 298 g/mol. The molecule has 0 atom stereocenters. The van der Waals surface area contributed by atoms with E-state index in [4.69, 9.17) is 0 Å². The molecule has 0 radical (unpaired) electrons. The zero-order valence-corrected chi connectivity index (χ0v) is 12.0. The average Bonchev–Trinajstić information content (AvgIpc) is 2.87. The third kappa shape index (κ3) is 1.93. The summed E-state index contributed by atoms with van der Waals surface area (Å²) in [6.07, 6.45) is 5.58. The van der Waals surface area contributed by atoms with Gasteiger partial charge in [-0.2, -0.15) is 0 Å². The van der Waals surface area contributed by atoms with Crippen molar-refractivity contribution in [2.24, 2.45) is 0 Å². The topological polar surface area (TPSA) is 0 Å². The molecule has 0 bridgehead atoms. The summed E-state index contributed by atoms with van der Waals surface area (Å²) in [5.41, 5.74) is 8.22. The number of alkyl halides is 1. The first-order chi connectivity index (χ1) is 8.79. The summed E-state index contributed by atoms with van der Waals surface area (Å²) in [4.78, 5) is 0. The van der Waals surface area contributed by atoms with Gasteiger partial charge in [-0.1, -0.05) is 70.0 Å². The fraction of sp³-hybridized carbons (Fsp3) is 0.176. The zero-order chi connectivity index (χ0) is 12.5. The first-order valence-corrected chi connectivity index (χ1v) is 7.36. The molecule has 0 amide bonds. The van der Waals surface area contributed by atoms with Gasteiger partial charge in [0.2, 0.25) is 0 Å². The minimum Gasteiger partial charge on any atom is -0.0876 e. The van der Waals surface area contributed by atoms with Crippen molar-refractivity contribution in [1.29, 1.82) is 0 Å². The molecule has 0 spiro atoms. The SMILES string of the molecule is Cc1ccc(-c2c(CBr)ccc3c2C=CC3)cc1. The lowest BCUT2D eigenvalue weighted by Crippen LogP contribution is -1.93. The molecule has 1 aliphatic carbocycles. The molecule has 1 aliphatic rings. The Labute approximate surface area is 116 Å². The third-order valence-corrected chi connectivity index (χ3v) is 4.13.